The highest BCUT2D eigenvalue weighted by molar-refractivity contribution is 5.69. The summed E-state index contributed by atoms with van der Waals surface area (Å²) in [6, 6.07) is 0. The molecule has 0 aromatic heterocycles. The molecule has 4 N–H and O–H groups in total. The van der Waals surface area contributed by atoms with Crippen molar-refractivity contribution in [2.24, 2.45) is 0 Å². The second-order valence-electron chi connectivity index (χ2n) is 15.1. The molecule has 1 aliphatic heterocycles. The van der Waals surface area contributed by atoms with Gasteiger partial charge in [-0.15, -0.1) is 0 Å². The van der Waals surface area contributed by atoms with Crippen molar-refractivity contribution in [3.63, 3.8) is 0 Å². The van der Waals surface area contributed by atoms with E-state index < -0.39 is 43.4 Å². The molecule has 0 radical (unpaired) electrons. The quantitative estimate of drug-likeness (QED) is 0.0279. The smallest absolute Gasteiger partial charge is 0.306 e. The van der Waals surface area contributed by atoms with Crippen molar-refractivity contribution >= 4 is 5.97 Å². The monoisotopic (exact) mass is 743 g/mol. The van der Waals surface area contributed by atoms with Crippen LogP contribution >= 0.6 is 0 Å². The van der Waals surface area contributed by atoms with Crippen LogP contribution in [0.5, 0.6) is 0 Å². The first kappa shape index (κ1) is 48.9. The molecule has 0 spiro atoms. The Bertz CT molecular complexity index is 807. The van der Waals surface area contributed by atoms with Crippen LogP contribution < -0.4 is 0 Å². The lowest BCUT2D eigenvalue weighted by Crippen LogP contribution is -2.59. The Morgan fingerprint density at radius 3 is 1.56 bits per heavy atom. The van der Waals surface area contributed by atoms with Crippen LogP contribution in [0.25, 0.3) is 0 Å². The van der Waals surface area contributed by atoms with Gasteiger partial charge in [0.1, 0.15) is 30.5 Å². The van der Waals surface area contributed by atoms with E-state index in [1.807, 2.05) is 0 Å². The fourth-order valence-electron chi connectivity index (χ4n) is 6.72. The summed E-state index contributed by atoms with van der Waals surface area (Å²) in [6.07, 6.45) is 30.9. The number of aliphatic hydroxyl groups is 4. The molecule has 9 heteroatoms. The Balaban J connectivity index is 2.28. The minimum Gasteiger partial charge on any atom is -0.457 e. The zero-order valence-electron chi connectivity index (χ0n) is 33.6. The summed E-state index contributed by atoms with van der Waals surface area (Å²) in [7, 11) is 0. The number of unbranched alkanes of at least 4 members (excludes halogenated alkanes) is 24. The zero-order chi connectivity index (χ0) is 37.9. The minimum atomic E-state index is -1.53. The summed E-state index contributed by atoms with van der Waals surface area (Å²) in [5.41, 5.74) is 0. The third-order valence-corrected chi connectivity index (χ3v) is 10.2. The first-order chi connectivity index (χ1) is 25.4. The molecule has 6 atom stereocenters. The molecule has 1 aliphatic rings. The molecule has 1 saturated heterocycles. The molecule has 52 heavy (non-hydrogen) atoms. The topological polar surface area (TPSA) is 135 Å². The van der Waals surface area contributed by atoms with Gasteiger partial charge in [-0.2, -0.15) is 0 Å². The molecule has 1 heterocycles. The standard InChI is InChI=1S/C43H82O9/c1-3-5-7-9-11-13-15-17-18-19-20-22-24-26-28-30-32-39(45)51-37(36-50-43-42(48)41(47)40(46)38(34-44)52-43)35-49-33-31-29-27-25-23-21-16-14-12-10-8-6-4-2/h18-19,37-38,40-44,46-48H,3-17,20-36H2,1-2H3/b19-18-. The van der Waals surface area contributed by atoms with E-state index in [4.69, 9.17) is 18.9 Å². The Morgan fingerprint density at radius 2 is 1.06 bits per heavy atom. The molecule has 0 aromatic carbocycles. The highest BCUT2D eigenvalue weighted by atomic mass is 16.7. The fourth-order valence-corrected chi connectivity index (χ4v) is 6.72. The number of esters is 1. The lowest BCUT2D eigenvalue weighted by molar-refractivity contribution is -0.305. The molecule has 0 aliphatic carbocycles. The van der Waals surface area contributed by atoms with Gasteiger partial charge in [-0.3, -0.25) is 4.79 Å². The lowest BCUT2D eigenvalue weighted by atomic mass is 9.99. The van der Waals surface area contributed by atoms with E-state index in [0.717, 1.165) is 44.9 Å². The molecule has 1 rings (SSSR count). The maximum absolute atomic E-state index is 12.7. The van der Waals surface area contributed by atoms with E-state index in [9.17, 15) is 25.2 Å². The number of carbonyl (C=O) groups excluding carboxylic acids is 1. The number of ether oxygens (including phenoxy) is 4. The summed E-state index contributed by atoms with van der Waals surface area (Å²) in [4.78, 5) is 12.7. The number of hydrogen-bond donors (Lipinski definition) is 4. The van der Waals surface area contributed by atoms with Crippen molar-refractivity contribution in [2.75, 3.05) is 26.4 Å². The Kier molecular flexibility index (Phi) is 33.5. The number of allylic oxidation sites excluding steroid dienone is 2. The summed E-state index contributed by atoms with van der Waals surface area (Å²) in [6.45, 7) is 4.57. The van der Waals surface area contributed by atoms with E-state index in [1.54, 1.807) is 0 Å². The second kappa shape index (κ2) is 35.6. The van der Waals surface area contributed by atoms with Crippen molar-refractivity contribution in [1.29, 1.82) is 0 Å². The van der Waals surface area contributed by atoms with Crippen molar-refractivity contribution in [2.45, 2.75) is 230 Å². The van der Waals surface area contributed by atoms with Crippen LogP contribution in [-0.4, -0.2) is 89.6 Å². The third kappa shape index (κ3) is 26.7. The van der Waals surface area contributed by atoms with Gasteiger partial charge < -0.3 is 39.4 Å². The van der Waals surface area contributed by atoms with Gasteiger partial charge >= 0.3 is 5.97 Å². The average Bonchev–Trinajstić information content (AvgIpc) is 3.14. The maximum Gasteiger partial charge on any atom is 0.306 e. The predicted molar refractivity (Wildman–Crippen MR) is 210 cm³/mol. The van der Waals surface area contributed by atoms with E-state index in [0.29, 0.717) is 13.0 Å². The van der Waals surface area contributed by atoms with Gasteiger partial charge in [0, 0.05) is 13.0 Å². The molecule has 0 bridgehead atoms. The number of aliphatic hydroxyl groups excluding tert-OH is 4. The van der Waals surface area contributed by atoms with Gasteiger partial charge in [-0.1, -0.05) is 161 Å². The lowest BCUT2D eigenvalue weighted by Gasteiger charge is -2.39. The van der Waals surface area contributed by atoms with Gasteiger partial charge in [-0.05, 0) is 38.5 Å². The Labute approximate surface area is 318 Å². The van der Waals surface area contributed by atoms with Gasteiger partial charge in [0.25, 0.3) is 0 Å². The molecular formula is C43H82O9. The van der Waals surface area contributed by atoms with E-state index >= 15 is 0 Å². The van der Waals surface area contributed by atoms with Crippen LogP contribution in [0.15, 0.2) is 12.2 Å². The average molecular weight is 743 g/mol. The number of hydrogen-bond acceptors (Lipinski definition) is 9. The fraction of sp³-hybridized carbons (Fsp3) is 0.930. The Hall–Kier alpha value is -1.07. The van der Waals surface area contributed by atoms with E-state index in [-0.39, 0.29) is 19.2 Å². The van der Waals surface area contributed by atoms with Crippen molar-refractivity contribution in [3.8, 4) is 0 Å². The van der Waals surface area contributed by atoms with Crippen LogP contribution in [0, 0.1) is 0 Å². The highest BCUT2D eigenvalue weighted by Gasteiger charge is 2.44. The molecule has 308 valence electrons. The molecule has 9 nitrogen and oxygen atoms in total. The van der Waals surface area contributed by atoms with Crippen LogP contribution in [0.4, 0.5) is 0 Å². The van der Waals surface area contributed by atoms with Crippen molar-refractivity contribution in [1.82, 2.24) is 0 Å². The Morgan fingerprint density at radius 1 is 0.596 bits per heavy atom. The van der Waals surface area contributed by atoms with Gasteiger partial charge in [0.15, 0.2) is 6.29 Å². The van der Waals surface area contributed by atoms with Gasteiger partial charge in [0.2, 0.25) is 0 Å². The van der Waals surface area contributed by atoms with Crippen LogP contribution in [0.2, 0.25) is 0 Å². The maximum atomic E-state index is 12.7. The van der Waals surface area contributed by atoms with Gasteiger partial charge in [-0.25, -0.2) is 0 Å². The second-order valence-corrected chi connectivity index (χ2v) is 15.1. The van der Waals surface area contributed by atoms with Crippen LogP contribution in [-0.2, 0) is 23.7 Å². The molecule has 1 fully saturated rings. The summed E-state index contributed by atoms with van der Waals surface area (Å²) < 4.78 is 22.8. The minimum absolute atomic E-state index is 0.112. The summed E-state index contributed by atoms with van der Waals surface area (Å²) in [5, 5.41) is 40.0. The van der Waals surface area contributed by atoms with Crippen molar-refractivity contribution in [3.05, 3.63) is 12.2 Å². The van der Waals surface area contributed by atoms with Crippen LogP contribution in [0.3, 0.4) is 0 Å². The first-order valence-electron chi connectivity index (χ1n) is 21.8. The molecule has 6 unspecified atom stereocenters. The zero-order valence-corrected chi connectivity index (χ0v) is 33.6. The molecule has 0 amide bonds. The summed E-state index contributed by atoms with van der Waals surface area (Å²) in [5.74, 6) is -0.319. The number of rotatable bonds is 37. The third-order valence-electron chi connectivity index (χ3n) is 10.2. The van der Waals surface area contributed by atoms with E-state index in [2.05, 4.69) is 26.0 Å². The largest absolute Gasteiger partial charge is 0.457 e. The normalized spacial score (nSPS) is 21.2. The van der Waals surface area contributed by atoms with E-state index in [1.165, 1.54) is 128 Å². The molecule has 0 saturated carbocycles. The first-order valence-corrected chi connectivity index (χ1v) is 21.8. The van der Waals surface area contributed by atoms with Crippen LogP contribution in [0.1, 0.15) is 194 Å². The predicted octanol–water partition coefficient (Wildman–Crippen LogP) is 9.25. The van der Waals surface area contributed by atoms with Gasteiger partial charge in [0.05, 0.1) is 19.8 Å². The number of carbonyl (C=O) groups is 1. The SMILES string of the molecule is CCCCCCCCC/C=C\CCCCCCCC(=O)OC(COCCCCCCCCCCCCCCC)COC1OC(CO)C(O)C(O)C1O. The summed E-state index contributed by atoms with van der Waals surface area (Å²) >= 11 is 0. The van der Waals surface area contributed by atoms with Crippen molar-refractivity contribution < 1.29 is 44.2 Å². The molecule has 0 aromatic rings. The molecular weight excluding hydrogens is 660 g/mol. The highest BCUT2D eigenvalue weighted by Crippen LogP contribution is 2.22.